The van der Waals surface area contributed by atoms with Gasteiger partial charge in [0.2, 0.25) is 24.1 Å². The molecule has 2 heterocycles. The van der Waals surface area contributed by atoms with Gasteiger partial charge in [0.25, 0.3) is 0 Å². The van der Waals surface area contributed by atoms with Crippen LogP contribution in [-0.2, 0) is 9.47 Å². The van der Waals surface area contributed by atoms with Crippen LogP contribution in [0.2, 0.25) is 0 Å². The average Bonchev–Trinajstić information content (AvgIpc) is 3.42. The predicted molar refractivity (Wildman–Crippen MR) is 264 cm³/mol. The first kappa shape index (κ1) is 61.1. The van der Waals surface area contributed by atoms with E-state index in [9.17, 15) is 66.6 Å². The zero-order valence-electron chi connectivity index (χ0n) is 42.8. The SMILES string of the molecule is COC(=O)c1ccccc1-c1c2cc(C)c(=[NH+]C(F)(F)CF)cc-2oc2cc(NC(F)(F)CF)c(C)cc12.COC(=O)c1ccccc1-c1c2cc(C)c(=[NH+]C(F)(F)CF)cc-2oc2cc(NC(F)(F)CF)c(C)cc12.[O-]B([O-])F. The molecule has 0 radical (unpaired) electrons. The minimum atomic E-state index is -3.85. The summed E-state index contributed by atoms with van der Waals surface area (Å²) in [5.41, 5.74) is 4.08. The Morgan fingerprint density at radius 1 is 0.525 bits per heavy atom. The number of ether oxygens (including phenoxy) is 2. The highest BCUT2D eigenvalue weighted by atomic mass is 19.3. The van der Waals surface area contributed by atoms with Crippen molar-refractivity contribution in [2.45, 2.75) is 51.9 Å². The molecular formula is C54H46BF13N4O8. The van der Waals surface area contributed by atoms with Crippen LogP contribution in [-0.4, -0.2) is 84.4 Å². The number of alkyl halides is 12. The molecule has 0 spiro atoms. The van der Waals surface area contributed by atoms with E-state index in [2.05, 4.69) is 0 Å². The van der Waals surface area contributed by atoms with Crippen LogP contribution >= 0.6 is 0 Å². The molecular weight excluding hydrogens is 1090 g/mol. The summed E-state index contributed by atoms with van der Waals surface area (Å²) < 4.78 is 193. The van der Waals surface area contributed by atoms with Crippen molar-refractivity contribution in [2.24, 2.45) is 0 Å². The van der Waals surface area contributed by atoms with Crippen LogP contribution in [0, 0.1) is 27.7 Å². The molecule has 0 unspecified atom stereocenters. The van der Waals surface area contributed by atoms with E-state index in [-0.39, 0.29) is 55.9 Å². The molecule has 4 N–H and O–H groups in total. The van der Waals surface area contributed by atoms with Gasteiger partial charge in [-0.2, -0.15) is 27.5 Å². The molecule has 8 rings (SSSR count). The van der Waals surface area contributed by atoms with Crippen LogP contribution < -0.4 is 41.4 Å². The van der Waals surface area contributed by atoms with Gasteiger partial charge in [-0.1, -0.05) is 36.4 Å². The monoisotopic (exact) mass is 1140 g/mol. The topological polar surface area (TPSA) is 177 Å². The molecule has 80 heavy (non-hydrogen) atoms. The summed E-state index contributed by atoms with van der Waals surface area (Å²) in [4.78, 5) is 28.9. The minimum absolute atomic E-state index is 0.0435. The smallest absolute Gasteiger partial charge is 0.484 e. The van der Waals surface area contributed by atoms with Crippen molar-refractivity contribution in [3.8, 4) is 44.9 Å². The number of fused-ring (bicyclic) bond motifs is 4. The number of hydrogen-bond acceptors (Lipinski definition) is 10. The highest BCUT2D eigenvalue weighted by molar-refractivity contribution is 6.27. The number of hydrogen-bond donors (Lipinski definition) is 4. The van der Waals surface area contributed by atoms with Crippen molar-refractivity contribution >= 4 is 52.6 Å². The number of carbonyl (C=O) groups excluding carboxylic acids is 2. The van der Waals surface area contributed by atoms with Crippen LogP contribution in [0.15, 0.2) is 106 Å². The highest BCUT2D eigenvalue weighted by Crippen LogP contribution is 2.45. The number of rotatable bonds is 14. The fraction of sp³-hybridized carbons (Fsp3) is 0.259. The van der Waals surface area contributed by atoms with Gasteiger partial charge in [0, 0.05) is 67.7 Å². The number of aryl methyl sites for hydroxylation is 4. The van der Waals surface area contributed by atoms with Gasteiger partial charge in [-0.25, -0.2) is 27.2 Å². The number of nitrogens with one attached hydrogen (secondary N) is 4. The van der Waals surface area contributed by atoms with Gasteiger partial charge in [-0.15, -0.1) is 17.6 Å². The van der Waals surface area contributed by atoms with Crippen molar-refractivity contribution in [3.63, 3.8) is 0 Å². The molecule has 0 atom stereocenters. The summed E-state index contributed by atoms with van der Waals surface area (Å²) in [6.45, 7) is -1.66. The van der Waals surface area contributed by atoms with Gasteiger partial charge < -0.3 is 43.3 Å². The zero-order valence-corrected chi connectivity index (χ0v) is 42.8. The molecule has 424 valence electrons. The van der Waals surface area contributed by atoms with Crippen molar-refractivity contribution in [1.29, 1.82) is 0 Å². The molecule has 0 saturated carbocycles. The van der Waals surface area contributed by atoms with Gasteiger partial charge in [0.05, 0.1) is 37.5 Å². The predicted octanol–water partition coefficient (Wildman–Crippen LogP) is 7.91. The number of anilines is 2. The summed E-state index contributed by atoms with van der Waals surface area (Å²) in [6.07, 6.45) is 0. The number of methoxy groups -OCH3 is 2. The highest BCUT2D eigenvalue weighted by Gasteiger charge is 2.37. The van der Waals surface area contributed by atoms with Gasteiger partial charge in [-0.3, -0.25) is 0 Å². The second kappa shape index (κ2) is 24.5. The summed E-state index contributed by atoms with van der Waals surface area (Å²) in [5.74, 6) is -1.19. The zero-order chi connectivity index (χ0) is 59.2. The Morgan fingerprint density at radius 2 is 0.863 bits per heavy atom. The minimum Gasteiger partial charge on any atom is -0.867 e. The van der Waals surface area contributed by atoms with Crippen molar-refractivity contribution in [3.05, 3.63) is 141 Å². The van der Waals surface area contributed by atoms with Crippen molar-refractivity contribution in [1.82, 2.24) is 0 Å². The van der Waals surface area contributed by atoms with E-state index in [1.807, 2.05) is 20.6 Å². The largest absolute Gasteiger partial charge is 0.867 e. The van der Waals surface area contributed by atoms with E-state index in [1.165, 1.54) is 103 Å². The Morgan fingerprint density at radius 3 is 1.18 bits per heavy atom. The first-order valence-electron chi connectivity index (χ1n) is 23.4. The molecule has 0 aromatic heterocycles. The summed E-state index contributed by atoms with van der Waals surface area (Å²) in [7, 11) is -0.730. The average molecular weight is 1140 g/mol. The molecule has 2 aliphatic heterocycles. The van der Waals surface area contributed by atoms with Crippen LogP contribution in [0.4, 0.5) is 68.4 Å². The van der Waals surface area contributed by atoms with Gasteiger partial charge in [-0.05, 0) is 86.3 Å². The lowest BCUT2D eigenvalue weighted by atomic mass is 9.89. The standard InChI is InChI=1S/2C27H22F6N2O3.BFO2/c2*1-14-8-18-22(10-20(14)34-26(30,31)12-28)38-23-11-21(35-27(32,33)13-29)15(2)9-19(23)24(18)16-6-4-5-7-17(16)25(36)37-3;2-1(3)4/h2*4-11,34H,12-13H2,1-3H3;/q;;-2/p+2. The lowest BCUT2D eigenvalue weighted by Crippen LogP contribution is -2.88. The van der Waals surface area contributed by atoms with E-state index in [4.69, 9.17) is 28.4 Å². The Hall–Kier alpha value is -8.13. The van der Waals surface area contributed by atoms with Gasteiger partial charge in [0.15, 0.2) is 13.3 Å². The van der Waals surface area contributed by atoms with Gasteiger partial charge >= 0.3 is 36.1 Å². The molecule has 2 aliphatic carbocycles. The lowest BCUT2D eigenvalue weighted by Gasteiger charge is -2.21. The van der Waals surface area contributed by atoms with Crippen LogP contribution in [0.3, 0.4) is 0 Å². The van der Waals surface area contributed by atoms with Crippen LogP contribution in [0.25, 0.3) is 66.8 Å². The fourth-order valence-corrected chi connectivity index (χ4v) is 8.42. The fourth-order valence-electron chi connectivity index (χ4n) is 8.42. The Bertz CT molecular complexity index is 3430. The Kier molecular flexibility index (Phi) is 18.7. The lowest BCUT2D eigenvalue weighted by molar-refractivity contribution is -0.666. The molecule has 26 heteroatoms. The molecule has 0 bridgehead atoms. The maximum absolute atomic E-state index is 13.8. The second-order valence-electron chi connectivity index (χ2n) is 17.8. The van der Waals surface area contributed by atoms with Gasteiger partial charge in [0.1, 0.15) is 30.1 Å². The number of esters is 2. The van der Waals surface area contributed by atoms with Crippen LogP contribution in [0.1, 0.15) is 43.0 Å². The summed E-state index contributed by atoms with van der Waals surface area (Å²) >= 11 is 0. The third-order valence-electron chi connectivity index (χ3n) is 12.0. The first-order valence-corrected chi connectivity index (χ1v) is 23.4. The third-order valence-corrected chi connectivity index (χ3v) is 12.0. The molecule has 0 amide bonds. The number of benzene rings is 6. The maximum Gasteiger partial charge on any atom is 0.484 e. The first-order chi connectivity index (χ1) is 37.5. The maximum atomic E-state index is 13.8. The van der Waals surface area contributed by atoms with Crippen LogP contribution in [0.5, 0.6) is 0 Å². The van der Waals surface area contributed by atoms with E-state index >= 15 is 0 Å². The molecule has 4 aliphatic rings. The van der Waals surface area contributed by atoms with E-state index in [0.717, 1.165) is 0 Å². The molecule has 4 aromatic rings. The molecule has 12 nitrogen and oxygen atoms in total. The normalized spacial score (nSPS) is 12.5. The quantitative estimate of drug-likeness (QED) is 0.0275. The Labute approximate surface area is 446 Å². The summed E-state index contributed by atoms with van der Waals surface area (Å²) in [5, 5.41) is 20.9. The Balaban J connectivity index is 0.000000242. The van der Waals surface area contributed by atoms with E-state index in [1.54, 1.807) is 36.4 Å². The molecule has 4 aromatic carbocycles. The van der Waals surface area contributed by atoms with E-state index in [0.29, 0.717) is 66.4 Å². The molecule has 0 saturated heterocycles. The van der Waals surface area contributed by atoms with E-state index < -0.39 is 70.2 Å². The van der Waals surface area contributed by atoms with Crippen molar-refractivity contribution < 1.29 is 105 Å². The van der Waals surface area contributed by atoms with Crippen molar-refractivity contribution in [2.75, 3.05) is 51.6 Å². The number of carbonyl (C=O) groups is 2. The second-order valence-corrected chi connectivity index (χ2v) is 17.8. The third kappa shape index (κ3) is 14.0. The molecule has 0 fully saturated rings. The number of halogens is 13. The summed E-state index contributed by atoms with van der Waals surface area (Å²) in [6, 6.07) is 8.72.